The van der Waals surface area contributed by atoms with Crippen molar-refractivity contribution in [2.24, 2.45) is 0 Å². The van der Waals surface area contributed by atoms with Crippen LogP contribution in [0.25, 0.3) is 0 Å². The first-order valence-electron chi connectivity index (χ1n) is 12.1. The van der Waals surface area contributed by atoms with E-state index in [1.807, 2.05) is 24.3 Å². The smallest absolute Gasteiger partial charge is 0.497 e. The summed E-state index contributed by atoms with van der Waals surface area (Å²) in [7, 11) is 1.58. The van der Waals surface area contributed by atoms with Crippen molar-refractivity contribution in [2.45, 2.75) is 57.5 Å². The molecule has 0 aliphatic heterocycles. The van der Waals surface area contributed by atoms with Gasteiger partial charge in [-0.15, -0.1) is 18.3 Å². The Hall–Kier alpha value is -3.47. The number of methoxy groups -OCH3 is 1. The zero-order chi connectivity index (χ0) is 27.3. The van der Waals surface area contributed by atoms with E-state index in [-0.39, 0.29) is 41.0 Å². The van der Waals surface area contributed by atoms with Gasteiger partial charge in [0.05, 0.1) is 20.3 Å². The summed E-state index contributed by atoms with van der Waals surface area (Å²) in [4.78, 5) is 12.5. The number of ether oxygens (including phenoxy) is 4. The van der Waals surface area contributed by atoms with E-state index in [1.165, 1.54) is 10.7 Å². The second-order valence-electron chi connectivity index (χ2n) is 8.83. The molecule has 1 aliphatic carbocycles. The molecule has 12 heteroatoms. The van der Waals surface area contributed by atoms with Crippen LogP contribution in [0.1, 0.15) is 60.1 Å². The molecule has 0 atom stereocenters. The summed E-state index contributed by atoms with van der Waals surface area (Å²) in [5.41, 5.74) is 1.57. The minimum absolute atomic E-state index is 0.00809. The summed E-state index contributed by atoms with van der Waals surface area (Å²) in [6.45, 7) is 2.18. The van der Waals surface area contributed by atoms with Crippen LogP contribution >= 0.6 is 11.6 Å². The van der Waals surface area contributed by atoms with Crippen molar-refractivity contribution in [1.82, 2.24) is 15.0 Å². The van der Waals surface area contributed by atoms with Gasteiger partial charge in [-0.3, -0.25) is 0 Å². The maximum Gasteiger partial charge on any atom is 0.573 e. The van der Waals surface area contributed by atoms with Crippen LogP contribution in [0, 0.1) is 0 Å². The Kier molecular flexibility index (Phi) is 8.65. The topological polar surface area (TPSA) is 84.7 Å². The predicted octanol–water partition coefficient (Wildman–Crippen LogP) is 6.17. The van der Waals surface area contributed by atoms with E-state index < -0.39 is 12.3 Å². The van der Waals surface area contributed by atoms with Crippen molar-refractivity contribution in [3.05, 3.63) is 64.3 Å². The van der Waals surface area contributed by atoms with Crippen molar-refractivity contribution in [3.63, 3.8) is 0 Å². The Bertz CT molecular complexity index is 1240. The largest absolute Gasteiger partial charge is 0.573 e. The number of hydrogen-bond acceptors (Lipinski definition) is 7. The molecule has 0 unspecified atom stereocenters. The standard InChI is InChI=1S/C26H27ClF3N3O5/c1-3-36-25(34)23-24(33(32-31-23)15-16-4-8-20(35-2)9-5-16)37-21-10-6-17(7-11-21)18-12-19(27)14-22(13-18)38-26(28,29)30/h4-5,8-9,12-14,17,21H,3,6-7,10-11,15H2,1-2H3. The number of benzene rings is 2. The van der Waals surface area contributed by atoms with Gasteiger partial charge in [-0.1, -0.05) is 28.9 Å². The molecule has 1 saturated carbocycles. The molecule has 0 N–H and O–H groups in total. The molecule has 2 aromatic carbocycles. The van der Waals surface area contributed by atoms with Gasteiger partial charge in [-0.25, -0.2) is 9.48 Å². The molecule has 1 aromatic heterocycles. The van der Waals surface area contributed by atoms with Gasteiger partial charge >= 0.3 is 12.3 Å². The van der Waals surface area contributed by atoms with Crippen LogP contribution in [-0.4, -0.2) is 47.1 Å². The first-order chi connectivity index (χ1) is 18.1. The van der Waals surface area contributed by atoms with Crippen molar-refractivity contribution in [1.29, 1.82) is 0 Å². The number of hydrogen-bond donors (Lipinski definition) is 0. The molecule has 8 nitrogen and oxygen atoms in total. The number of aromatic nitrogens is 3. The zero-order valence-corrected chi connectivity index (χ0v) is 21.6. The molecule has 3 aromatic rings. The highest BCUT2D eigenvalue weighted by Crippen LogP contribution is 2.38. The molecule has 4 rings (SSSR count). The Balaban J connectivity index is 1.47. The van der Waals surface area contributed by atoms with Gasteiger partial charge in [-0.2, -0.15) is 0 Å². The highest BCUT2D eigenvalue weighted by molar-refractivity contribution is 6.30. The Morgan fingerprint density at radius 3 is 2.42 bits per heavy atom. The lowest BCUT2D eigenvalue weighted by atomic mass is 9.82. The summed E-state index contributed by atoms with van der Waals surface area (Å²) in [5, 5.41) is 8.31. The quantitative estimate of drug-likeness (QED) is 0.293. The van der Waals surface area contributed by atoms with Crippen LogP contribution in [0.5, 0.6) is 17.4 Å². The monoisotopic (exact) mass is 553 g/mol. The van der Waals surface area contributed by atoms with Gasteiger partial charge in [-0.05, 0) is 80.0 Å². The number of halogens is 4. The first kappa shape index (κ1) is 27.6. The predicted molar refractivity (Wildman–Crippen MR) is 132 cm³/mol. The Morgan fingerprint density at radius 2 is 1.79 bits per heavy atom. The summed E-state index contributed by atoms with van der Waals surface area (Å²) in [6.07, 6.45) is -2.56. The summed E-state index contributed by atoms with van der Waals surface area (Å²) < 4.78 is 60.2. The summed E-state index contributed by atoms with van der Waals surface area (Å²) in [5.74, 6) is -0.0637. The molecule has 1 heterocycles. The molecule has 1 fully saturated rings. The SMILES string of the molecule is CCOC(=O)c1nnn(Cc2ccc(OC)cc2)c1OC1CCC(c2cc(Cl)cc(OC(F)(F)F)c2)CC1. The van der Waals surface area contributed by atoms with Gasteiger partial charge < -0.3 is 18.9 Å². The maximum atomic E-state index is 12.7. The molecule has 0 spiro atoms. The van der Waals surface area contributed by atoms with Crippen molar-refractivity contribution >= 4 is 17.6 Å². The number of carbonyl (C=O) groups excluding carboxylic acids is 1. The van der Waals surface area contributed by atoms with Crippen LogP contribution in [0.2, 0.25) is 5.02 Å². The van der Waals surface area contributed by atoms with E-state index in [0.29, 0.717) is 43.5 Å². The van der Waals surface area contributed by atoms with Gasteiger partial charge in [0.25, 0.3) is 0 Å². The lowest BCUT2D eigenvalue weighted by molar-refractivity contribution is -0.274. The van der Waals surface area contributed by atoms with Gasteiger partial charge in [0.1, 0.15) is 17.6 Å². The fourth-order valence-corrected chi connectivity index (χ4v) is 4.67. The fourth-order valence-electron chi connectivity index (χ4n) is 4.44. The Labute approximate surface area is 222 Å². The third kappa shape index (κ3) is 7.09. The third-order valence-corrected chi connectivity index (χ3v) is 6.42. The van der Waals surface area contributed by atoms with E-state index in [2.05, 4.69) is 15.0 Å². The molecule has 1 aliphatic rings. The van der Waals surface area contributed by atoms with Crippen molar-refractivity contribution < 1.29 is 36.9 Å². The van der Waals surface area contributed by atoms with Gasteiger partial charge in [0.2, 0.25) is 11.6 Å². The van der Waals surface area contributed by atoms with Gasteiger partial charge in [0, 0.05) is 5.02 Å². The molecule has 0 bridgehead atoms. The minimum atomic E-state index is -4.80. The molecule has 204 valence electrons. The first-order valence-corrected chi connectivity index (χ1v) is 12.5. The van der Waals surface area contributed by atoms with Gasteiger partial charge in [0.15, 0.2) is 0 Å². The van der Waals surface area contributed by atoms with E-state index in [9.17, 15) is 18.0 Å². The molecular weight excluding hydrogens is 527 g/mol. The van der Waals surface area contributed by atoms with Crippen LogP contribution in [0.3, 0.4) is 0 Å². The Morgan fingerprint density at radius 1 is 1.08 bits per heavy atom. The number of nitrogens with zero attached hydrogens (tertiary/aromatic N) is 3. The maximum absolute atomic E-state index is 12.7. The molecule has 0 amide bonds. The van der Waals surface area contributed by atoms with E-state index in [0.717, 1.165) is 11.6 Å². The number of alkyl halides is 3. The van der Waals surface area contributed by atoms with Crippen LogP contribution in [0.4, 0.5) is 13.2 Å². The lowest BCUT2D eigenvalue weighted by Crippen LogP contribution is -2.25. The van der Waals surface area contributed by atoms with Crippen LogP contribution in [0.15, 0.2) is 42.5 Å². The number of rotatable bonds is 9. The molecule has 38 heavy (non-hydrogen) atoms. The van der Waals surface area contributed by atoms with Crippen molar-refractivity contribution in [2.75, 3.05) is 13.7 Å². The van der Waals surface area contributed by atoms with E-state index in [4.69, 9.17) is 25.8 Å². The highest BCUT2D eigenvalue weighted by atomic mass is 35.5. The van der Waals surface area contributed by atoms with Crippen molar-refractivity contribution in [3.8, 4) is 17.4 Å². The molecular formula is C26H27ClF3N3O5. The molecule has 0 saturated heterocycles. The van der Waals surface area contributed by atoms with Crippen LogP contribution < -0.4 is 14.2 Å². The second kappa shape index (κ2) is 11.9. The summed E-state index contributed by atoms with van der Waals surface area (Å²) in [6, 6.07) is 11.6. The summed E-state index contributed by atoms with van der Waals surface area (Å²) >= 11 is 6.06. The lowest BCUT2D eigenvalue weighted by Gasteiger charge is -2.29. The zero-order valence-electron chi connectivity index (χ0n) is 20.8. The van der Waals surface area contributed by atoms with E-state index >= 15 is 0 Å². The minimum Gasteiger partial charge on any atom is -0.497 e. The normalized spacial score (nSPS) is 17.6. The average Bonchev–Trinajstić information content (AvgIpc) is 3.25. The number of esters is 1. The van der Waals surface area contributed by atoms with Crippen LogP contribution in [-0.2, 0) is 11.3 Å². The molecule has 0 radical (unpaired) electrons. The van der Waals surface area contributed by atoms with E-state index in [1.54, 1.807) is 20.1 Å². The highest BCUT2D eigenvalue weighted by Gasteiger charge is 2.32. The third-order valence-electron chi connectivity index (χ3n) is 6.20. The number of carbonyl (C=O) groups is 1. The average molecular weight is 554 g/mol. The fraction of sp³-hybridized carbons (Fsp3) is 0.423. The second-order valence-corrected chi connectivity index (χ2v) is 9.27.